The van der Waals surface area contributed by atoms with E-state index in [-0.39, 0.29) is 0 Å². The summed E-state index contributed by atoms with van der Waals surface area (Å²) in [7, 11) is -1.49. The molecule has 0 amide bonds. The zero-order valence-corrected chi connectivity index (χ0v) is 18.1. The lowest BCUT2D eigenvalue weighted by Gasteiger charge is -2.40. The highest BCUT2D eigenvalue weighted by atomic mass is 31.2. The minimum atomic E-state index is -1.49. The number of hydrogen-bond acceptors (Lipinski definition) is 1. The van der Waals surface area contributed by atoms with Crippen molar-refractivity contribution in [1.82, 2.24) is 4.90 Å². The van der Waals surface area contributed by atoms with Crippen molar-refractivity contribution >= 4 is 18.2 Å². The Hall–Kier alpha value is -0.230. The second-order valence-corrected chi connectivity index (χ2v) is 12.7. The van der Waals surface area contributed by atoms with Gasteiger partial charge in [0.05, 0.1) is 0 Å². The first-order valence-electron chi connectivity index (χ1n) is 8.97. The van der Waals surface area contributed by atoms with Crippen molar-refractivity contribution in [3.05, 3.63) is 0 Å². The van der Waals surface area contributed by atoms with Gasteiger partial charge in [-0.25, -0.2) is 4.76 Å². The second-order valence-electron chi connectivity index (χ2n) is 8.08. The molecule has 0 radical (unpaired) electrons. The van der Waals surface area contributed by atoms with Gasteiger partial charge in [-0.2, -0.15) is 0 Å². The number of amidine groups is 1. The van der Waals surface area contributed by atoms with Gasteiger partial charge in [0.15, 0.2) is 0 Å². The van der Waals surface area contributed by atoms with E-state index in [1.165, 1.54) is 11.1 Å². The molecule has 3 heteroatoms. The molecular formula is C19H41N2P. The van der Waals surface area contributed by atoms with Crippen molar-refractivity contribution in [3.8, 4) is 0 Å². The van der Waals surface area contributed by atoms with Crippen LogP contribution in [0.2, 0.25) is 0 Å². The molecular weight excluding hydrogens is 287 g/mol. The molecule has 0 aromatic carbocycles. The molecule has 0 N–H and O–H groups in total. The lowest BCUT2D eigenvalue weighted by molar-refractivity contribution is 0.280. The largest absolute Gasteiger partial charge is 0.355 e. The zero-order valence-electron chi connectivity index (χ0n) is 17.2. The first-order valence-corrected chi connectivity index (χ1v) is 10.8. The summed E-state index contributed by atoms with van der Waals surface area (Å²) in [6.07, 6.45) is 0. The minimum Gasteiger partial charge on any atom is -0.355 e. The third-order valence-corrected chi connectivity index (χ3v) is 9.57. The Morgan fingerprint density at radius 2 is 1.09 bits per heavy atom. The smallest absolute Gasteiger partial charge is 0.106 e. The molecule has 0 saturated carbocycles. The van der Waals surface area contributed by atoms with Crippen molar-refractivity contribution in [2.24, 2.45) is 10.7 Å². The minimum absolute atomic E-state index is 0.459. The highest BCUT2D eigenvalue weighted by Crippen LogP contribution is 2.60. The average molecular weight is 329 g/mol. The molecule has 2 nitrogen and oxygen atoms in total. The number of hydrogen-bond donors (Lipinski definition) is 0. The Kier molecular flexibility index (Phi) is 8.48. The van der Waals surface area contributed by atoms with E-state index in [0.717, 1.165) is 0 Å². The van der Waals surface area contributed by atoms with Gasteiger partial charge in [0.1, 0.15) is 5.84 Å². The van der Waals surface area contributed by atoms with E-state index in [4.69, 9.17) is 4.76 Å². The molecule has 0 heterocycles. The summed E-state index contributed by atoms with van der Waals surface area (Å²) >= 11 is 0. The summed E-state index contributed by atoms with van der Waals surface area (Å²) in [6, 6.07) is 0.971. The molecule has 0 aliphatic rings. The van der Waals surface area contributed by atoms with E-state index in [2.05, 4.69) is 88.0 Å². The highest BCUT2D eigenvalue weighted by Gasteiger charge is 2.30. The van der Waals surface area contributed by atoms with Gasteiger partial charge in [0.2, 0.25) is 0 Å². The molecule has 0 aliphatic carbocycles. The van der Waals surface area contributed by atoms with E-state index >= 15 is 0 Å². The average Bonchev–Trinajstić information content (AvgIpc) is 2.30. The summed E-state index contributed by atoms with van der Waals surface area (Å²) in [4.78, 5) is 2.52. The summed E-state index contributed by atoms with van der Waals surface area (Å²) in [5.74, 6) is 1.77. The molecule has 0 unspecified atom stereocenters. The van der Waals surface area contributed by atoms with E-state index in [1.54, 1.807) is 0 Å². The third kappa shape index (κ3) is 4.63. The summed E-state index contributed by atoms with van der Waals surface area (Å²) in [5, 5.41) is 1.53. The highest BCUT2D eigenvalue weighted by molar-refractivity contribution is 7.76. The Bertz CT molecular complexity index is 405. The maximum Gasteiger partial charge on any atom is 0.106 e. The second kappa shape index (κ2) is 8.57. The molecule has 0 spiro atoms. The van der Waals surface area contributed by atoms with Crippen LogP contribution >= 0.6 is 7.04 Å². The molecule has 0 fully saturated rings. The van der Waals surface area contributed by atoms with Crippen LogP contribution in [0.4, 0.5) is 0 Å². The van der Waals surface area contributed by atoms with Gasteiger partial charge in [-0.15, -0.1) is 0 Å². The maximum atomic E-state index is 5.57. The van der Waals surface area contributed by atoms with Gasteiger partial charge in [-0.05, 0) is 52.9 Å². The quantitative estimate of drug-likeness (QED) is 0.326. The fraction of sp³-hybridized carbons (Fsp3) is 0.895. The van der Waals surface area contributed by atoms with Gasteiger partial charge in [0, 0.05) is 25.0 Å². The maximum absolute atomic E-state index is 5.57. The Morgan fingerprint density at radius 1 is 0.727 bits per heavy atom. The fourth-order valence-electron chi connectivity index (χ4n) is 3.72. The molecule has 0 aliphatic heterocycles. The Morgan fingerprint density at radius 3 is 1.27 bits per heavy atom. The van der Waals surface area contributed by atoms with Crippen LogP contribution in [0, 0.1) is 5.92 Å². The van der Waals surface area contributed by atoms with Crippen LogP contribution < -0.4 is 0 Å². The molecule has 0 aromatic rings. The monoisotopic (exact) mass is 328 g/mol. The fourth-order valence-corrected chi connectivity index (χ4v) is 8.31. The van der Waals surface area contributed by atoms with Crippen LogP contribution in [-0.2, 0) is 0 Å². The molecule has 0 atom stereocenters. The molecule has 0 aromatic heterocycles. The van der Waals surface area contributed by atoms with Crippen molar-refractivity contribution in [2.45, 2.75) is 106 Å². The molecule has 0 saturated heterocycles. The van der Waals surface area contributed by atoms with E-state index < -0.39 is 7.04 Å². The van der Waals surface area contributed by atoms with Crippen LogP contribution in [0.3, 0.4) is 0 Å². The molecule has 0 rings (SSSR count). The van der Waals surface area contributed by atoms with Crippen LogP contribution in [0.25, 0.3) is 0 Å². The van der Waals surface area contributed by atoms with Crippen molar-refractivity contribution in [2.75, 3.05) is 0 Å². The summed E-state index contributed by atoms with van der Waals surface area (Å²) < 4.78 is 5.57. The Balaban J connectivity index is 6.47. The standard InChI is InChI=1S/C19H41N2P/c1-13(2)19(21(14(3)4)15(5)6)20-22(16(7)8,17(9)10)18(11)12/h13-17H,1-12H3. The third-order valence-electron chi connectivity index (χ3n) is 4.45. The van der Waals surface area contributed by atoms with E-state index in [1.807, 2.05) is 0 Å². The first-order chi connectivity index (χ1) is 9.89. The summed E-state index contributed by atoms with van der Waals surface area (Å²) in [6.45, 7) is 27.7. The van der Waals surface area contributed by atoms with Crippen LogP contribution in [-0.4, -0.2) is 39.4 Å². The molecule has 22 heavy (non-hydrogen) atoms. The van der Waals surface area contributed by atoms with Crippen LogP contribution in [0.5, 0.6) is 0 Å². The van der Waals surface area contributed by atoms with Gasteiger partial charge >= 0.3 is 0 Å². The van der Waals surface area contributed by atoms with Crippen molar-refractivity contribution in [3.63, 3.8) is 0 Å². The number of rotatable bonds is 6. The number of nitrogens with zero attached hydrogens (tertiary/aromatic N) is 2. The van der Waals surface area contributed by atoms with Gasteiger partial charge < -0.3 is 4.90 Å². The van der Waals surface area contributed by atoms with Crippen molar-refractivity contribution < 1.29 is 0 Å². The lowest BCUT2D eigenvalue weighted by atomic mass is 10.1. The SMILES string of the molecule is CC(C)=P(N=C(C(C)C)N(C(C)C)C(C)C)(C(C)C)C(C)C. The zero-order chi connectivity index (χ0) is 17.8. The predicted octanol–water partition coefficient (Wildman–Crippen LogP) is 6.12. The van der Waals surface area contributed by atoms with E-state index in [0.29, 0.717) is 29.3 Å². The first kappa shape index (κ1) is 21.8. The van der Waals surface area contributed by atoms with Gasteiger partial charge in [-0.3, -0.25) is 0 Å². The molecule has 0 bridgehead atoms. The predicted molar refractivity (Wildman–Crippen MR) is 108 cm³/mol. The summed E-state index contributed by atoms with van der Waals surface area (Å²) in [5.41, 5.74) is 1.21. The van der Waals surface area contributed by atoms with Gasteiger partial charge in [0.25, 0.3) is 0 Å². The van der Waals surface area contributed by atoms with E-state index in [9.17, 15) is 0 Å². The topological polar surface area (TPSA) is 15.6 Å². The Labute approximate surface area is 140 Å². The van der Waals surface area contributed by atoms with Crippen molar-refractivity contribution in [1.29, 1.82) is 0 Å². The van der Waals surface area contributed by atoms with Gasteiger partial charge in [-0.1, -0.05) is 46.8 Å². The van der Waals surface area contributed by atoms with Crippen LogP contribution in [0.1, 0.15) is 83.1 Å². The molecule has 132 valence electrons. The van der Waals surface area contributed by atoms with Crippen LogP contribution in [0.15, 0.2) is 4.76 Å². The normalized spacial score (nSPS) is 14.0. The lowest BCUT2D eigenvalue weighted by Crippen LogP contribution is -2.44.